The van der Waals surface area contributed by atoms with E-state index >= 15 is 0 Å². The van der Waals surface area contributed by atoms with Crippen LogP contribution in [0.2, 0.25) is 0 Å². The van der Waals surface area contributed by atoms with E-state index in [-0.39, 0.29) is 17.9 Å². The maximum absolute atomic E-state index is 3.87. The van der Waals surface area contributed by atoms with E-state index in [0.717, 1.165) is 10.9 Å². The van der Waals surface area contributed by atoms with Crippen molar-refractivity contribution in [1.29, 1.82) is 0 Å². The van der Waals surface area contributed by atoms with Gasteiger partial charge in [-0.15, -0.1) is 6.58 Å². The number of rotatable bonds is 4. The van der Waals surface area contributed by atoms with Crippen molar-refractivity contribution in [1.82, 2.24) is 0 Å². The average Bonchev–Trinajstić information content (AvgIpc) is 2.18. The van der Waals surface area contributed by atoms with Crippen LogP contribution in [0.3, 0.4) is 0 Å². The predicted molar refractivity (Wildman–Crippen MR) is 66.6 cm³/mol. The summed E-state index contributed by atoms with van der Waals surface area (Å²) in [6.07, 6.45) is 3.00. The Bertz CT molecular complexity index is 326. The lowest BCUT2D eigenvalue weighted by Gasteiger charge is -2.44. The van der Waals surface area contributed by atoms with Gasteiger partial charge >= 0.3 is 0 Å². The van der Waals surface area contributed by atoms with Gasteiger partial charge in [0.05, 0.1) is 21.1 Å². The van der Waals surface area contributed by atoms with Gasteiger partial charge in [-0.2, -0.15) is 0 Å². The molecule has 1 nitrogen and oxygen atoms in total. The highest BCUT2D eigenvalue weighted by Gasteiger charge is 2.38. The summed E-state index contributed by atoms with van der Waals surface area (Å²) in [5, 5.41) is 0. The van der Waals surface area contributed by atoms with E-state index in [1.807, 2.05) is 6.08 Å². The van der Waals surface area contributed by atoms with Crippen LogP contribution in [0.25, 0.3) is 0 Å². The fourth-order valence-corrected chi connectivity index (χ4v) is 1.86. The zero-order chi connectivity index (χ0) is 11.5. The van der Waals surface area contributed by atoms with E-state index in [1.54, 1.807) is 0 Å². The van der Waals surface area contributed by atoms with Crippen molar-refractivity contribution in [3.8, 4) is 0 Å². The summed E-state index contributed by atoms with van der Waals surface area (Å²) >= 11 is 0. The maximum atomic E-state index is 3.87. The van der Waals surface area contributed by atoms with Gasteiger partial charge in [-0.05, 0) is 6.92 Å². The van der Waals surface area contributed by atoms with Crippen molar-refractivity contribution < 1.29 is 16.9 Å². The topological polar surface area (TPSA) is 0 Å². The lowest BCUT2D eigenvalue weighted by atomic mass is 9.85. The second-order valence-electron chi connectivity index (χ2n) is 5.15. The molecule has 0 heterocycles. The number of halogens is 1. The van der Waals surface area contributed by atoms with Gasteiger partial charge in [0.15, 0.2) is 0 Å². The van der Waals surface area contributed by atoms with Crippen LogP contribution < -0.4 is 12.4 Å². The molecular formula is C14H22ClN. The van der Waals surface area contributed by atoms with Gasteiger partial charge in [0.2, 0.25) is 0 Å². The molecule has 16 heavy (non-hydrogen) atoms. The Morgan fingerprint density at radius 1 is 1.19 bits per heavy atom. The molecule has 0 spiro atoms. The Labute approximate surface area is 106 Å². The first kappa shape index (κ1) is 15.2. The summed E-state index contributed by atoms with van der Waals surface area (Å²) in [6, 6.07) is 10.7. The molecule has 0 N–H and O–H groups in total. The quantitative estimate of drug-likeness (QED) is 0.520. The van der Waals surface area contributed by atoms with Crippen LogP contribution in [-0.2, 0) is 5.54 Å². The number of quaternary nitrogens is 1. The zero-order valence-corrected chi connectivity index (χ0v) is 11.5. The second kappa shape index (κ2) is 5.51. The van der Waals surface area contributed by atoms with Crippen molar-refractivity contribution in [2.24, 2.45) is 0 Å². The predicted octanol–water partition coefficient (Wildman–Crippen LogP) is 0.188. The molecule has 0 saturated carbocycles. The third kappa shape index (κ3) is 2.87. The van der Waals surface area contributed by atoms with Crippen LogP contribution in [0.1, 0.15) is 18.9 Å². The smallest absolute Gasteiger partial charge is 0.125 e. The van der Waals surface area contributed by atoms with Crippen LogP contribution >= 0.6 is 0 Å². The molecule has 1 aromatic carbocycles. The van der Waals surface area contributed by atoms with Gasteiger partial charge in [0, 0.05) is 12.0 Å². The monoisotopic (exact) mass is 239 g/mol. The van der Waals surface area contributed by atoms with Gasteiger partial charge in [0.25, 0.3) is 0 Å². The van der Waals surface area contributed by atoms with Gasteiger partial charge in [-0.1, -0.05) is 36.4 Å². The van der Waals surface area contributed by atoms with E-state index in [9.17, 15) is 0 Å². The molecule has 0 amide bonds. The second-order valence-corrected chi connectivity index (χ2v) is 5.15. The zero-order valence-electron chi connectivity index (χ0n) is 10.7. The largest absolute Gasteiger partial charge is 1.00 e. The highest BCUT2D eigenvalue weighted by Crippen LogP contribution is 2.34. The first-order chi connectivity index (χ1) is 6.92. The minimum atomic E-state index is 0. The Hall–Kier alpha value is -0.790. The van der Waals surface area contributed by atoms with E-state index in [2.05, 4.69) is 65.0 Å². The van der Waals surface area contributed by atoms with Gasteiger partial charge < -0.3 is 16.9 Å². The van der Waals surface area contributed by atoms with Crippen LogP contribution in [-0.4, -0.2) is 25.6 Å². The summed E-state index contributed by atoms with van der Waals surface area (Å²) in [5.74, 6) is 0. The Morgan fingerprint density at radius 2 is 1.69 bits per heavy atom. The summed E-state index contributed by atoms with van der Waals surface area (Å²) in [5.41, 5.74) is 1.47. The summed E-state index contributed by atoms with van der Waals surface area (Å²) in [4.78, 5) is 0. The normalized spacial score (nSPS) is 14.8. The van der Waals surface area contributed by atoms with Gasteiger partial charge in [0.1, 0.15) is 5.54 Å². The first-order valence-electron chi connectivity index (χ1n) is 5.40. The SMILES string of the molecule is C=CCC(C)(c1ccccc1)[N+](C)(C)C.[Cl-]. The lowest BCUT2D eigenvalue weighted by Crippen LogP contribution is -3.00. The number of nitrogens with zero attached hydrogens (tertiary/aromatic N) is 1. The van der Waals surface area contributed by atoms with Crippen LogP contribution in [0.4, 0.5) is 0 Å². The minimum Gasteiger partial charge on any atom is -1.00 e. The standard InChI is InChI=1S/C14H22N.ClH/c1-6-12-14(2,15(3,4)5)13-10-8-7-9-11-13;/h6-11H,1,12H2,2-5H3;1H/q+1;/p-1. The number of benzene rings is 1. The summed E-state index contributed by atoms with van der Waals surface area (Å²) in [6.45, 7) is 6.17. The lowest BCUT2D eigenvalue weighted by molar-refractivity contribution is -0.929. The molecule has 90 valence electrons. The van der Waals surface area contributed by atoms with Gasteiger partial charge in [-0.3, -0.25) is 0 Å². The van der Waals surface area contributed by atoms with Crippen LogP contribution in [0, 0.1) is 0 Å². The third-order valence-electron chi connectivity index (χ3n) is 3.42. The molecule has 2 heteroatoms. The average molecular weight is 240 g/mol. The van der Waals surface area contributed by atoms with E-state index in [1.165, 1.54) is 5.56 Å². The molecule has 1 rings (SSSR count). The molecule has 0 bridgehead atoms. The molecule has 0 aliphatic rings. The molecule has 0 radical (unpaired) electrons. The van der Waals surface area contributed by atoms with E-state index in [0.29, 0.717) is 0 Å². The van der Waals surface area contributed by atoms with Crippen molar-refractivity contribution in [2.45, 2.75) is 18.9 Å². The molecule has 0 aromatic heterocycles. The highest BCUT2D eigenvalue weighted by atomic mass is 35.5. The Morgan fingerprint density at radius 3 is 2.06 bits per heavy atom. The van der Waals surface area contributed by atoms with Crippen molar-refractivity contribution in [2.75, 3.05) is 21.1 Å². The molecule has 1 atom stereocenters. The number of hydrogen-bond acceptors (Lipinski definition) is 0. The van der Waals surface area contributed by atoms with Crippen LogP contribution in [0.15, 0.2) is 43.0 Å². The molecule has 1 unspecified atom stereocenters. The van der Waals surface area contributed by atoms with Crippen LogP contribution in [0.5, 0.6) is 0 Å². The van der Waals surface area contributed by atoms with E-state index in [4.69, 9.17) is 0 Å². The van der Waals surface area contributed by atoms with Crippen molar-refractivity contribution in [3.63, 3.8) is 0 Å². The molecule has 0 saturated heterocycles. The van der Waals surface area contributed by atoms with Gasteiger partial charge in [-0.25, -0.2) is 0 Å². The fourth-order valence-electron chi connectivity index (χ4n) is 1.86. The Kier molecular flexibility index (Phi) is 5.24. The molecule has 0 aliphatic carbocycles. The number of hydrogen-bond donors (Lipinski definition) is 0. The fraction of sp³-hybridized carbons (Fsp3) is 0.429. The van der Waals surface area contributed by atoms with Crippen molar-refractivity contribution >= 4 is 0 Å². The van der Waals surface area contributed by atoms with E-state index < -0.39 is 0 Å². The highest BCUT2D eigenvalue weighted by molar-refractivity contribution is 5.22. The Balaban J connectivity index is 0.00000225. The summed E-state index contributed by atoms with van der Waals surface area (Å²) < 4.78 is 0.906. The molecule has 0 fully saturated rings. The molecule has 1 aromatic rings. The third-order valence-corrected chi connectivity index (χ3v) is 3.42. The molecule has 0 aliphatic heterocycles. The maximum Gasteiger partial charge on any atom is 0.125 e. The molecular weight excluding hydrogens is 218 g/mol. The first-order valence-corrected chi connectivity index (χ1v) is 5.40. The summed E-state index contributed by atoms with van der Waals surface area (Å²) in [7, 11) is 6.70. The van der Waals surface area contributed by atoms with Crippen molar-refractivity contribution in [3.05, 3.63) is 48.6 Å². The minimum absolute atomic E-state index is 0.